The highest BCUT2D eigenvalue weighted by molar-refractivity contribution is 5.42. The quantitative estimate of drug-likeness (QED) is 0.756. The molecule has 0 heterocycles. The first-order chi connectivity index (χ1) is 9.12. The van der Waals surface area contributed by atoms with Gasteiger partial charge in [0.05, 0.1) is 14.2 Å². The Hall–Kier alpha value is -1.26. The molecule has 3 N–H and O–H groups in total. The van der Waals surface area contributed by atoms with Gasteiger partial charge >= 0.3 is 0 Å². The molecule has 0 aromatic heterocycles. The Morgan fingerprint density at radius 3 is 2.37 bits per heavy atom. The van der Waals surface area contributed by atoms with E-state index in [1.54, 1.807) is 14.2 Å². The van der Waals surface area contributed by atoms with Crippen LogP contribution in [0.2, 0.25) is 0 Å². The Balaban J connectivity index is 2.54. The van der Waals surface area contributed by atoms with E-state index in [-0.39, 0.29) is 0 Å². The highest BCUT2D eigenvalue weighted by Crippen LogP contribution is 2.27. The second kappa shape index (κ2) is 8.02. The summed E-state index contributed by atoms with van der Waals surface area (Å²) in [5, 5.41) is 3.45. The van der Waals surface area contributed by atoms with Crippen LogP contribution in [-0.4, -0.2) is 27.3 Å². The fraction of sp³-hybridized carbons (Fsp3) is 0.600. The molecule has 1 aromatic rings. The molecule has 0 aliphatic carbocycles. The molecule has 1 atom stereocenters. The van der Waals surface area contributed by atoms with Gasteiger partial charge in [-0.1, -0.05) is 19.9 Å². The number of hydrogen-bond acceptors (Lipinski definition) is 4. The first-order valence-corrected chi connectivity index (χ1v) is 6.74. The van der Waals surface area contributed by atoms with Crippen LogP contribution >= 0.6 is 0 Å². The zero-order valence-corrected chi connectivity index (χ0v) is 12.4. The van der Waals surface area contributed by atoms with E-state index in [2.05, 4.69) is 19.2 Å². The Labute approximate surface area is 116 Å². The van der Waals surface area contributed by atoms with Gasteiger partial charge in [0.1, 0.15) is 0 Å². The van der Waals surface area contributed by atoms with Crippen LogP contribution in [0.4, 0.5) is 0 Å². The molecule has 1 rings (SSSR count). The first-order valence-electron chi connectivity index (χ1n) is 6.74. The second-order valence-corrected chi connectivity index (χ2v) is 5.06. The van der Waals surface area contributed by atoms with Crippen LogP contribution in [0, 0.1) is 11.8 Å². The molecule has 0 aliphatic heterocycles. The fourth-order valence-electron chi connectivity index (χ4n) is 1.98. The fourth-order valence-corrected chi connectivity index (χ4v) is 1.98. The second-order valence-electron chi connectivity index (χ2n) is 5.06. The van der Waals surface area contributed by atoms with Crippen molar-refractivity contribution >= 4 is 0 Å². The summed E-state index contributed by atoms with van der Waals surface area (Å²) in [5.41, 5.74) is 6.94. The lowest BCUT2D eigenvalue weighted by Crippen LogP contribution is -2.31. The molecule has 19 heavy (non-hydrogen) atoms. The summed E-state index contributed by atoms with van der Waals surface area (Å²) >= 11 is 0. The van der Waals surface area contributed by atoms with E-state index < -0.39 is 0 Å². The van der Waals surface area contributed by atoms with Crippen molar-refractivity contribution < 1.29 is 9.47 Å². The number of nitrogens with one attached hydrogen (secondary N) is 1. The molecular formula is C15H26N2O2. The van der Waals surface area contributed by atoms with E-state index in [0.29, 0.717) is 11.8 Å². The Bertz CT molecular complexity index is 380. The van der Waals surface area contributed by atoms with Crippen molar-refractivity contribution in [2.24, 2.45) is 17.6 Å². The van der Waals surface area contributed by atoms with Gasteiger partial charge in [0.2, 0.25) is 0 Å². The zero-order chi connectivity index (χ0) is 14.3. The molecule has 4 heteroatoms. The first kappa shape index (κ1) is 15.8. The zero-order valence-electron chi connectivity index (χ0n) is 12.4. The van der Waals surface area contributed by atoms with E-state index in [9.17, 15) is 0 Å². The molecule has 0 aliphatic rings. The Morgan fingerprint density at radius 2 is 1.84 bits per heavy atom. The van der Waals surface area contributed by atoms with Gasteiger partial charge in [-0.15, -0.1) is 0 Å². The van der Waals surface area contributed by atoms with Gasteiger partial charge in [-0.05, 0) is 42.6 Å². The minimum absolute atomic E-state index is 0.514. The van der Waals surface area contributed by atoms with Gasteiger partial charge in [0.25, 0.3) is 0 Å². The minimum Gasteiger partial charge on any atom is -0.493 e. The van der Waals surface area contributed by atoms with Crippen LogP contribution in [0.15, 0.2) is 18.2 Å². The third-order valence-corrected chi connectivity index (χ3v) is 3.43. The molecule has 0 saturated carbocycles. The van der Waals surface area contributed by atoms with Crippen molar-refractivity contribution in [2.45, 2.75) is 20.4 Å². The van der Waals surface area contributed by atoms with Crippen LogP contribution in [-0.2, 0) is 6.54 Å². The summed E-state index contributed by atoms with van der Waals surface area (Å²) in [6.07, 6.45) is 0. The average molecular weight is 266 g/mol. The lowest BCUT2D eigenvalue weighted by atomic mass is 9.96. The lowest BCUT2D eigenvalue weighted by molar-refractivity contribution is 0.353. The predicted octanol–water partition coefficient (Wildman–Crippen LogP) is 2.02. The van der Waals surface area contributed by atoms with E-state index >= 15 is 0 Å². The molecule has 0 spiro atoms. The van der Waals surface area contributed by atoms with E-state index in [4.69, 9.17) is 15.2 Å². The molecule has 0 saturated heterocycles. The lowest BCUT2D eigenvalue weighted by Gasteiger charge is -2.19. The molecule has 1 aromatic carbocycles. The Kier molecular flexibility index (Phi) is 6.67. The van der Waals surface area contributed by atoms with E-state index in [1.807, 2.05) is 18.2 Å². The third kappa shape index (κ3) is 4.73. The molecule has 0 radical (unpaired) electrons. The summed E-state index contributed by atoms with van der Waals surface area (Å²) in [4.78, 5) is 0. The van der Waals surface area contributed by atoms with Gasteiger partial charge in [-0.25, -0.2) is 0 Å². The Morgan fingerprint density at radius 1 is 1.16 bits per heavy atom. The molecule has 108 valence electrons. The summed E-state index contributed by atoms with van der Waals surface area (Å²) < 4.78 is 10.5. The maximum atomic E-state index is 5.76. The van der Waals surface area contributed by atoms with Gasteiger partial charge in [-0.3, -0.25) is 0 Å². The number of rotatable bonds is 8. The maximum absolute atomic E-state index is 5.76. The van der Waals surface area contributed by atoms with Gasteiger partial charge in [0, 0.05) is 6.54 Å². The molecule has 1 unspecified atom stereocenters. The molecule has 0 fully saturated rings. The van der Waals surface area contributed by atoms with Crippen molar-refractivity contribution in [3.05, 3.63) is 23.8 Å². The number of ether oxygens (including phenoxy) is 2. The summed E-state index contributed by atoms with van der Waals surface area (Å²) in [6, 6.07) is 5.97. The highest BCUT2D eigenvalue weighted by Gasteiger charge is 2.11. The van der Waals surface area contributed by atoms with Crippen molar-refractivity contribution in [2.75, 3.05) is 27.3 Å². The van der Waals surface area contributed by atoms with Crippen LogP contribution in [0.3, 0.4) is 0 Å². The monoisotopic (exact) mass is 266 g/mol. The van der Waals surface area contributed by atoms with Crippen molar-refractivity contribution in [3.63, 3.8) is 0 Å². The molecule has 0 amide bonds. The van der Waals surface area contributed by atoms with Crippen molar-refractivity contribution in [1.29, 1.82) is 0 Å². The number of benzene rings is 1. The smallest absolute Gasteiger partial charge is 0.161 e. The summed E-state index contributed by atoms with van der Waals surface area (Å²) in [5.74, 6) is 2.64. The predicted molar refractivity (Wildman–Crippen MR) is 78.6 cm³/mol. The molecule has 4 nitrogen and oxygen atoms in total. The van der Waals surface area contributed by atoms with Crippen LogP contribution < -0.4 is 20.5 Å². The number of methoxy groups -OCH3 is 2. The van der Waals surface area contributed by atoms with Gasteiger partial charge < -0.3 is 20.5 Å². The van der Waals surface area contributed by atoms with Crippen LogP contribution in [0.5, 0.6) is 11.5 Å². The van der Waals surface area contributed by atoms with Crippen LogP contribution in [0.25, 0.3) is 0 Å². The molecular weight excluding hydrogens is 240 g/mol. The molecule has 0 bridgehead atoms. The van der Waals surface area contributed by atoms with Crippen LogP contribution in [0.1, 0.15) is 19.4 Å². The normalized spacial score (nSPS) is 12.5. The van der Waals surface area contributed by atoms with Gasteiger partial charge in [0.15, 0.2) is 11.5 Å². The highest BCUT2D eigenvalue weighted by atomic mass is 16.5. The third-order valence-electron chi connectivity index (χ3n) is 3.43. The SMILES string of the molecule is COc1ccc(CNCC(CN)C(C)C)cc1OC. The maximum Gasteiger partial charge on any atom is 0.161 e. The van der Waals surface area contributed by atoms with Crippen molar-refractivity contribution in [3.8, 4) is 11.5 Å². The van der Waals surface area contributed by atoms with Crippen molar-refractivity contribution in [1.82, 2.24) is 5.32 Å². The minimum atomic E-state index is 0.514. The summed E-state index contributed by atoms with van der Waals surface area (Å²) in [7, 11) is 3.29. The number of hydrogen-bond donors (Lipinski definition) is 2. The number of nitrogens with two attached hydrogens (primary N) is 1. The largest absolute Gasteiger partial charge is 0.493 e. The average Bonchev–Trinajstić information content (AvgIpc) is 2.42. The topological polar surface area (TPSA) is 56.5 Å². The summed E-state index contributed by atoms with van der Waals surface area (Å²) in [6.45, 7) is 6.87. The standard InChI is InChI=1S/C15H26N2O2/c1-11(2)13(8-16)10-17-9-12-5-6-14(18-3)15(7-12)19-4/h5-7,11,13,17H,8-10,16H2,1-4H3. The van der Waals surface area contributed by atoms with Gasteiger partial charge in [-0.2, -0.15) is 0 Å². The van der Waals surface area contributed by atoms with E-state index in [1.165, 1.54) is 5.56 Å². The van der Waals surface area contributed by atoms with E-state index in [0.717, 1.165) is 31.1 Å².